The number of rotatable bonds is 7. The zero-order chi connectivity index (χ0) is 16.8. The number of likely N-dealkylation sites (tertiary alicyclic amines) is 1. The lowest BCUT2D eigenvalue weighted by Gasteiger charge is -2.26. The van der Waals surface area contributed by atoms with Gasteiger partial charge >= 0.3 is 0 Å². The maximum atomic E-state index is 12.1. The van der Waals surface area contributed by atoms with Gasteiger partial charge in [0.25, 0.3) is 0 Å². The largest absolute Gasteiger partial charge is 0.384 e. The molecule has 6 nitrogen and oxygen atoms in total. The average molecular weight is 330 g/mol. The fourth-order valence-electron chi connectivity index (χ4n) is 3.20. The first-order chi connectivity index (χ1) is 11.8. The van der Waals surface area contributed by atoms with E-state index in [2.05, 4.69) is 25.8 Å². The molecule has 0 radical (unpaired) electrons. The molecular formula is C18H26N4O2. The Morgan fingerprint density at radius 2 is 2.00 bits per heavy atom. The van der Waals surface area contributed by atoms with E-state index in [1.54, 1.807) is 7.11 Å². The third kappa shape index (κ3) is 4.13. The summed E-state index contributed by atoms with van der Waals surface area (Å²) < 4.78 is 7.09. The van der Waals surface area contributed by atoms with Gasteiger partial charge in [0, 0.05) is 20.2 Å². The molecule has 0 aliphatic carbocycles. The van der Waals surface area contributed by atoms with Crippen LogP contribution in [0.15, 0.2) is 24.3 Å². The summed E-state index contributed by atoms with van der Waals surface area (Å²) in [5.74, 6) is 0.570. The standard InChI is InChI=1S/C18H26N4O2/c1-24-14-9-17(23)20-18-19-15-7-3-4-8-16(15)22(18)13-12-21-10-5-2-6-11-21/h3-4,7-8H,2,5-6,9-14H2,1H3,(H,19,20,23). The van der Waals surface area contributed by atoms with Crippen molar-refractivity contribution in [3.63, 3.8) is 0 Å². The van der Waals surface area contributed by atoms with Gasteiger partial charge in [0.05, 0.1) is 24.1 Å². The van der Waals surface area contributed by atoms with Crippen LogP contribution in [0.3, 0.4) is 0 Å². The molecule has 1 aromatic heterocycles. The third-order valence-corrected chi connectivity index (χ3v) is 4.53. The molecule has 1 saturated heterocycles. The molecule has 2 aromatic rings. The number of nitrogens with one attached hydrogen (secondary N) is 1. The second-order valence-corrected chi connectivity index (χ2v) is 6.27. The molecule has 1 fully saturated rings. The van der Waals surface area contributed by atoms with Crippen LogP contribution in [0.25, 0.3) is 11.0 Å². The number of carbonyl (C=O) groups excluding carboxylic acids is 1. The topological polar surface area (TPSA) is 59.4 Å². The van der Waals surface area contributed by atoms with E-state index < -0.39 is 0 Å². The molecule has 1 aliphatic heterocycles. The molecule has 0 atom stereocenters. The Hall–Kier alpha value is -1.92. The van der Waals surface area contributed by atoms with Gasteiger partial charge in [-0.3, -0.25) is 10.1 Å². The molecule has 24 heavy (non-hydrogen) atoms. The van der Waals surface area contributed by atoms with Crippen LogP contribution in [-0.2, 0) is 16.1 Å². The molecule has 0 unspecified atom stereocenters. The van der Waals surface area contributed by atoms with Crippen molar-refractivity contribution in [2.75, 3.05) is 38.7 Å². The number of amides is 1. The van der Waals surface area contributed by atoms with Gasteiger partial charge < -0.3 is 14.2 Å². The Morgan fingerprint density at radius 3 is 2.79 bits per heavy atom. The van der Waals surface area contributed by atoms with Crippen LogP contribution >= 0.6 is 0 Å². The van der Waals surface area contributed by atoms with Crippen molar-refractivity contribution in [1.82, 2.24) is 14.5 Å². The van der Waals surface area contributed by atoms with E-state index in [0.29, 0.717) is 19.0 Å². The van der Waals surface area contributed by atoms with Crippen molar-refractivity contribution >= 4 is 22.9 Å². The number of para-hydroxylation sites is 2. The summed E-state index contributed by atoms with van der Waals surface area (Å²) >= 11 is 0. The van der Waals surface area contributed by atoms with E-state index >= 15 is 0 Å². The SMILES string of the molecule is COCCC(=O)Nc1nc2ccccc2n1CCN1CCCCC1. The third-order valence-electron chi connectivity index (χ3n) is 4.53. The van der Waals surface area contributed by atoms with Gasteiger partial charge in [-0.25, -0.2) is 4.98 Å². The lowest BCUT2D eigenvalue weighted by atomic mass is 10.1. The van der Waals surface area contributed by atoms with Crippen LogP contribution in [0.1, 0.15) is 25.7 Å². The first kappa shape index (κ1) is 16.9. The van der Waals surface area contributed by atoms with Crippen LogP contribution in [0.4, 0.5) is 5.95 Å². The maximum Gasteiger partial charge on any atom is 0.229 e. The number of carbonyl (C=O) groups is 1. The molecule has 3 rings (SSSR count). The van der Waals surface area contributed by atoms with Crippen LogP contribution in [-0.4, -0.2) is 53.7 Å². The second-order valence-electron chi connectivity index (χ2n) is 6.27. The number of ether oxygens (including phenoxy) is 1. The van der Waals surface area contributed by atoms with Crippen molar-refractivity contribution in [3.8, 4) is 0 Å². The molecule has 6 heteroatoms. The van der Waals surface area contributed by atoms with Gasteiger partial charge in [-0.05, 0) is 38.1 Å². The molecule has 130 valence electrons. The molecule has 2 heterocycles. The van der Waals surface area contributed by atoms with Gasteiger partial charge in [0.2, 0.25) is 11.9 Å². The van der Waals surface area contributed by atoms with E-state index in [0.717, 1.165) is 24.1 Å². The smallest absolute Gasteiger partial charge is 0.229 e. The molecule has 1 aromatic carbocycles. The van der Waals surface area contributed by atoms with Gasteiger partial charge in [0.15, 0.2) is 0 Å². The van der Waals surface area contributed by atoms with Crippen molar-refractivity contribution in [3.05, 3.63) is 24.3 Å². The van der Waals surface area contributed by atoms with E-state index in [9.17, 15) is 4.79 Å². The highest BCUT2D eigenvalue weighted by Gasteiger charge is 2.15. The molecule has 1 N–H and O–H groups in total. The molecule has 1 amide bonds. The highest BCUT2D eigenvalue weighted by Crippen LogP contribution is 2.20. The van der Waals surface area contributed by atoms with Crippen LogP contribution < -0.4 is 5.32 Å². The van der Waals surface area contributed by atoms with Crippen molar-refractivity contribution in [2.24, 2.45) is 0 Å². The summed E-state index contributed by atoms with van der Waals surface area (Å²) in [6.07, 6.45) is 4.24. The normalized spacial score (nSPS) is 15.7. The maximum absolute atomic E-state index is 12.1. The number of anilines is 1. The summed E-state index contributed by atoms with van der Waals surface area (Å²) in [5.41, 5.74) is 1.98. The quantitative estimate of drug-likeness (QED) is 0.847. The zero-order valence-electron chi connectivity index (χ0n) is 14.3. The van der Waals surface area contributed by atoms with E-state index in [1.807, 2.05) is 18.2 Å². The Morgan fingerprint density at radius 1 is 1.21 bits per heavy atom. The van der Waals surface area contributed by atoms with Crippen molar-refractivity contribution in [1.29, 1.82) is 0 Å². The summed E-state index contributed by atoms with van der Waals surface area (Å²) in [6.45, 7) is 4.58. The van der Waals surface area contributed by atoms with Crippen molar-refractivity contribution in [2.45, 2.75) is 32.2 Å². The van der Waals surface area contributed by atoms with Gasteiger partial charge in [0.1, 0.15) is 0 Å². The fraction of sp³-hybridized carbons (Fsp3) is 0.556. The Labute approximate surface area is 142 Å². The minimum Gasteiger partial charge on any atom is -0.384 e. The number of piperidine rings is 1. The summed E-state index contributed by atoms with van der Waals surface area (Å²) in [5, 5.41) is 2.94. The monoisotopic (exact) mass is 330 g/mol. The number of benzene rings is 1. The van der Waals surface area contributed by atoms with Gasteiger partial charge in [-0.2, -0.15) is 0 Å². The predicted octanol–water partition coefficient (Wildman–Crippen LogP) is 2.50. The first-order valence-corrected chi connectivity index (χ1v) is 8.74. The van der Waals surface area contributed by atoms with E-state index in [1.165, 1.54) is 32.4 Å². The van der Waals surface area contributed by atoms with Crippen molar-refractivity contribution < 1.29 is 9.53 Å². The second kappa shape index (κ2) is 8.26. The summed E-state index contributed by atoms with van der Waals surface area (Å²) in [4.78, 5) is 19.1. The molecule has 0 bridgehead atoms. The average Bonchev–Trinajstić information content (AvgIpc) is 2.96. The molecule has 0 saturated carbocycles. The number of methoxy groups -OCH3 is 1. The Kier molecular flexibility index (Phi) is 5.82. The zero-order valence-corrected chi connectivity index (χ0v) is 14.3. The van der Waals surface area contributed by atoms with Gasteiger partial charge in [-0.15, -0.1) is 0 Å². The van der Waals surface area contributed by atoms with E-state index in [-0.39, 0.29) is 5.91 Å². The highest BCUT2D eigenvalue weighted by molar-refractivity contribution is 5.91. The minimum absolute atomic E-state index is 0.0635. The highest BCUT2D eigenvalue weighted by atomic mass is 16.5. The predicted molar refractivity (Wildman–Crippen MR) is 95.1 cm³/mol. The Bertz CT molecular complexity index is 677. The summed E-state index contributed by atoms with van der Waals surface area (Å²) in [6, 6.07) is 8.03. The van der Waals surface area contributed by atoms with Crippen LogP contribution in [0.5, 0.6) is 0 Å². The minimum atomic E-state index is -0.0635. The first-order valence-electron chi connectivity index (χ1n) is 8.74. The fourth-order valence-corrected chi connectivity index (χ4v) is 3.20. The Balaban J connectivity index is 1.75. The van der Waals surface area contributed by atoms with Crippen LogP contribution in [0, 0.1) is 0 Å². The number of fused-ring (bicyclic) bond motifs is 1. The molecular weight excluding hydrogens is 304 g/mol. The number of aromatic nitrogens is 2. The number of nitrogens with zero attached hydrogens (tertiary/aromatic N) is 3. The lowest BCUT2D eigenvalue weighted by Crippen LogP contribution is -2.32. The molecule has 0 spiro atoms. The number of imidazole rings is 1. The number of hydrogen-bond acceptors (Lipinski definition) is 4. The van der Waals surface area contributed by atoms with Crippen LogP contribution in [0.2, 0.25) is 0 Å². The van der Waals surface area contributed by atoms with Gasteiger partial charge in [-0.1, -0.05) is 18.6 Å². The molecule has 1 aliphatic rings. The lowest BCUT2D eigenvalue weighted by molar-refractivity contribution is -0.117. The van der Waals surface area contributed by atoms with E-state index in [4.69, 9.17) is 4.74 Å². The summed E-state index contributed by atoms with van der Waals surface area (Å²) in [7, 11) is 1.60. The number of hydrogen-bond donors (Lipinski definition) is 1.